The first-order valence-corrected chi connectivity index (χ1v) is 17.8. The largest absolute Gasteiger partial charge is 0.492 e. The molecule has 4 rings (SSSR count). The molecule has 1 amide bonds. The van der Waals surface area contributed by atoms with E-state index >= 15 is 0 Å². The highest BCUT2D eigenvalue weighted by Gasteiger charge is 2.53. The molecule has 0 saturated carbocycles. The number of methoxy groups -OCH3 is 2. The number of thioether (sulfide) groups is 1. The number of amides is 1. The fourth-order valence-electron chi connectivity index (χ4n) is 6.00. The Morgan fingerprint density at radius 3 is 2.10 bits per heavy atom. The third-order valence-electron chi connectivity index (χ3n) is 7.77. The number of carbonyl (C=O) groups excluding carboxylic acids is 4. The van der Waals surface area contributed by atoms with Gasteiger partial charge in [-0.05, 0) is 54.0 Å². The van der Waals surface area contributed by atoms with Gasteiger partial charge in [0.05, 0.1) is 25.2 Å². The fraction of sp³-hybridized carbons (Fsp3) is 0.485. The van der Waals surface area contributed by atoms with Crippen molar-refractivity contribution >= 4 is 58.2 Å². The van der Waals surface area contributed by atoms with Crippen molar-refractivity contribution in [3.63, 3.8) is 0 Å². The Hall–Kier alpha value is -3.57. The smallest absolute Gasteiger partial charge is 0.303 e. The number of fused-ring (bicyclic) bond motifs is 3. The molecule has 48 heavy (non-hydrogen) atoms. The van der Waals surface area contributed by atoms with Crippen molar-refractivity contribution in [1.29, 1.82) is 0 Å². The van der Waals surface area contributed by atoms with Crippen LogP contribution >= 0.6 is 34.4 Å². The number of hydrogen-bond donors (Lipinski definition) is 1. The summed E-state index contributed by atoms with van der Waals surface area (Å²) in [5.74, 6) is -1.69. The maximum Gasteiger partial charge on any atom is 0.303 e. The number of hydrogen-bond acceptors (Lipinski definition) is 13. The predicted molar refractivity (Wildman–Crippen MR) is 183 cm³/mol. The van der Waals surface area contributed by atoms with Gasteiger partial charge in [-0.3, -0.25) is 24.0 Å². The standard InChI is InChI=1S/C33H38INO12S/c1-15(36)35-22-10-8-19-12-24(28(41-5)30(42-6)27(19)20-9-11-26(48-7)23(40)13-21(20)22)46-33-32(45-18(4)39)31(44-17(3)38)29(43-16(2)37)25(14-34)47-33/h9,11-13,22,25,29,31-33H,8,10,14H2,1-7H3,(H,35,36)/t22-,25+,29+,31-,32+,33+/m0/s1. The van der Waals surface area contributed by atoms with Gasteiger partial charge in [0, 0.05) is 37.7 Å². The van der Waals surface area contributed by atoms with Crippen LogP contribution < -0.4 is 25.0 Å². The maximum absolute atomic E-state index is 13.1. The molecule has 13 nitrogen and oxygen atoms in total. The van der Waals surface area contributed by atoms with Crippen LogP contribution in [0.15, 0.2) is 34.0 Å². The zero-order chi connectivity index (χ0) is 35.3. The summed E-state index contributed by atoms with van der Waals surface area (Å²) >= 11 is 3.36. The second-order valence-electron chi connectivity index (χ2n) is 11.1. The van der Waals surface area contributed by atoms with Crippen LogP contribution in [0.4, 0.5) is 0 Å². The van der Waals surface area contributed by atoms with Crippen LogP contribution in [0.5, 0.6) is 17.2 Å². The summed E-state index contributed by atoms with van der Waals surface area (Å²) in [5.41, 5.74) is 2.50. The zero-order valence-corrected chi connectivity index (χ0v) is 30.6. The van der Waals surface area contributed by atoms with Crippen LogP contribution in [-0.4, -0.2) is 79.4 Å². The second kappa shape index (κ2) is 16.2. The molecule has 0 bridgehead atoms. The summed E-state index contributed by atoms with van der Waals surface area (Å²) in [7, 11) is 2.90. The minimum atomic E-state index is -1.35. The van der Waals surface area contributed by atoms with Crippen LogP contribution in [0.1, 0.15) is 51.3 Å². The lowest BCUT2D eigenvalue weighted by Crippen LogP contribution is -2.63. The minimum Gasteiger partial charge on any atom is -0.492 e. The number of nitrogens with one attached hydrogen (secondary N) is 1. The zero-order valence-electron chi connectivity index (χ0n) is 27.6. The molecule has 1 N–H and O–H groups in total. The van der Waals surface area contributed by atoms with Gasteiger partial charge in [0.2, 0.25) is 24.1 Å². The molecule has 0 spiro atoms. The lowest BCUT2D eigenvalue weighted by molar-refractivity contribution is -0.279. The van der Waals surface area contributed by atoms with Gasteiger partial charge in [-0.1, -0.05) is 28.7 Å². The normalized spacial score (nSPS) is 22.9. The number of ether oxygens (including phenoxy) is 7. The number of aryl methyl sites for hydroxylation is 1. The molecule has 0 radical (unpaired) electrons. The van der Waals surface area contributed by atoms with Crippen molar-refractivity contribution in [3.05, 3.63) is 45.6 Å². The topological polar surface area (TPSA) is 162 Å². The van der Waals surface area contributed by atoms with Gasteiger partial charge in [0.15, 0.2) is 29.1 Å². The lowest BCUT2D eigenvalue weighted by atomic mass is 9.95. The summed E-state index contributed by atoms with van der Waals surface area (Å²) in [6.45, 7) is 4.99. The Balaban J connectivity index is 1.91. The first-order valence-electron chi connectivity index (χ1n) is 15.0. The number of esters is 3. The Morgan fingerprint density at radius 1 is 0.917 bits per heavy atom. The second-order valence-corrected chi connectivity index (χ2v) is 12.8. The van der Waals surface area contributed by atoms with E-state index < -0.39 is 54.7 Å². The first-order chi connectivity index (χ1) is 22.8. The van der Waals surface area contributed by atoms with Crippen molar-refractivity contribution < 1.29 is 52.3 Å². The van der Waals surface area contributed by atoms with Crippen LogP contribution in [0, 0.1) is 0 Å². The van der Waals surface area contributed by atoms with Crippen LogP contribution in [0.3, 0.4) is 0 Å². The molecule has 1 saturated heterocycles. The highest BCUT2D eigenvalue weighted by atomic mass is 127. The molecule has 1 fully saturated rings. The maximum atomic E-state index is 13.1. The van der Waals surface area contributed by atoms with E-state index in [1.165, 1.54) is 53.7 Å². The molecule has 0 unspecified atom stereocenters. The number of alkyl halides is 1. The summed E-state index contributed by atoms with van der Waals surface area (Å²) in [6, 6.07) is 6.37. The summed E-state index contributed by atoms with van der Waals surface area (Å²) < 4.78 is 41.4. The Kier molecular flexibility index (Phi) is 12.6. The number of benzene rings is 1. The van der Waals surface area contributed by atoms with Crippen LogP contribution in [-0.2, 0) is 44.5 Å². The van der Waals surface area contributed by atoms with E-state index in [9.17, 15) is 24.0 Å². The molecule has 1 aliphatic carbocycles. The molecule has 260 valence electrons. The molecule has 1 aliphatic heterocycles. The van der Waals surface area contributed by atoms with Gasteiger partial charge in [0.1, 0.15) is 6.10 Å². The van der Waals surface area contributed by atoms with Gasteiger partial charge in [-0.15, -0.1) is 11.8 Å². The average molecular weight is 800 g/mol. The molecule has 15 heteroatoms. The van der Waals surface area contributed by atoms with E-state index in [0.717, 1.165) is 5.56 Å². The third-order valence-corrected chi connectivity index (χ3v) is 9.42. The van der Waals surface area contributed by atoms with Gasteiger partial charge < -0.3 is 38.5 Å². The molecule has 2 aromatic carbocycles. The molecule has 0 aromatic heterocycles. The van der Waals surface area contributed by atoms with Crippen LogP contribution in [0.2, 0.25) is 0 Å². The lowest BCUT2D eigenvalue weighted by Gasteiger charge is -2.44. The van der Waals surface area contributed by atoms with Gasteiger partial charge in [0.25, 0.3) is 0 Å². The summed E-state index contributed by atoms with van der Waals surface area (Å²) in [5, 5.41) is 2.98. The fourth-order valence-corrected chi connectivity index (χ4v) is 7.17. The summed E-state index contributed by atoms with van der Waals surface area (Å²) in [6.07, 6.45) is -3.20. The molecule has 2 aliphatic rings. The van der Waals surface area contributed by atoms with Crippen molar-refractivity contribution in [2.75, 3.05) is 24.9 Å². The summed E-state index contributed by atoms with van der Waals surface area (Å²) in [4.78, 5) is 62.5. The van der Waals surface area contributed by atoms with E-state index in [0.29, 0.717) is 44.6 Å². The Labute approximate surface area is 295 Å². The van der Waals surface area contributed by atoms with E-state index in [4.69, 9.17) is 33.2 Å². The van der Waals surface area contributed by atoms with E-state index in [2.05, 4.69) is 5.32 Å². The highest BCUT2D eigenvalue weighted by molar-refractivity contribution is 14.1. The highest BCUT2D eigenvalue weighted by Crippen LogP contribution is 2.51. The molecular weight excluding hydrogens is 761 g/mol. The molecule has 6 atom stereocenters. The SMILES string of the molecule is COc1c(O[C@@H]2O[C@H](CI)[C@@H](OC(C)=O)[C@H](OC(C)=O)[C@H]2OC(C)=O)cc2c(c1OC)-c1ccc(SC)c(=O)cc1[C@@H](NC(C)=O)CC2. The van der Waals surface area contributed by atoms with Crippen molar-refractivity contribution in [2.24, 2.45) is 0 Å². The van der Waals surface area contributed by atoms with Gasteiger partial charge >= 0.3 is 17.9 Å². The quantitative estimate of drug-likeness (QED) is 0.121. The predicted octanol–water partition coefficient (Wildman–Crippen LogP) is 3.91. The van der Waals surface area contributed by atoms with E-state index in [-0.39, 0.29) is 22.8 Å². The van der Waals surface area contributed by atoms with E-state index in [1.54, 1.807) is 18.2 Å². The van der Waals surface area contributed by atoms with Gasteiger partial charge in [-0.2, -0.15) is 0 Å². The van der Waals surface area contributed by atoms with Crippen LogP contribution in [0.25, 0.3) is 11.1 Å². The Morgan fingerprint density at radius 2 is 1.54 bits per heavy atom. The minimum absolute atomic E-state index is 0.157. The average Bonchev–Trinajstić information content (AvgIpc) is 3.26. The first kappa shape index (κ1) is 37.3. The number of carbonyl (C=O) groups is 4. The molecule has 2 aromatic rings. The molecular formula is C33H38INO12S. The van der Waals surface area contributed by atoms with Crippen molar-refractivity contribution in [1.82, 2.24) is 5.32 Å². The molecule has 1 heterocycles. The van der Waals surface area contributed by atoms with E-state index in [1.807, 2.05) is 34.9 Å². The Bertz CT molecular complexity index is 1630. The van der Waals surface area contributed by atoms with Gasteiger partial charge in [-0.25, -0.2) is 0 Å². The third kappa shape index (κ3) is 8.17. The number of halogens is 1. The number of rotatable bonds is 10. The monoisotopic (exact) mass is 799 g/mol. The van der Waals surface area contributed by atoms with Crippen molar-refractivity contribution in [3.8, 4) is 28.4 Å². The van der Waals surface area contributed by atoms with Crippen molar-refractivity contribution in [2.45, 2.75) is 82.2 Å².